The number of carbonyl (C=O) groups excluding carboxylic acids is 2. The molecule has 41 heavy (non-hydrogen) atoms. The minimum absolute atomic E-state index is 0.00111. The number of aromatic nitrogens is 1. The Kier molecular flexibility index (Phi) is 9.32. The van der Waals surface area contributed by atoms with Gasteiger partial charge in [-0.05, 0) is 33.6 Å². The maximum Gasteiger partial charge on any atom is 0.430 e. The summed E-state index contributed by atoms with van der Waals surface area (Å²) in [6.45, 7) is 4.10. The number of alkyl halides is 7. The molecule has 1 aromatic heterocycles. The standard InChI is InChI=1S/C24H24Cl2F7N3O4S/c1-10-8-11(27)6-7-36(10)20(38)16-17(41-19(35-16)18(37)34-9-21(2,3)39)12-4-5-13(15(26)14(12)25)22(40,23(28,29)30)24(31,32)33/h4-5,10-11,39-40H,6-9H2,1-3H3,(H,34,37)/t10-,11-/m0/s1. The molecule has 228 valence electrons. The van der Waals surface area contributed by atoms with Crippen molar-refractivity contribution < 1.29 is 50.5 Å². The van der Waals surface area contributed by atoms with Crippen LogP contribution in [0.5, 0.6) is 0 Å². The van der Waals surface area contributed by atoms with E-state index in [0.29, 0.717) is 17.4 Å². The number of nitrogens with one attached hydrogen (secondary N) is 1. The van der Waals surface area contributed by atoms with Gasteiger partial charge in [-0.3, -0.25) is 9.59 Å². The summed E-state index contributed by atoms with van der Waals surface area (Å²) in [5.74, 6) is -1.65. The van der Waals surface area contributed by atoms with Crippen LogP contribution < -0.4 is 5.32 Å². The zero-order valence-corrected chi connectivity index (χ0v) is 23.9. The molecule has 0 bridgehead atoms. The van der Waals surface area contributed by atoms with Crippen LogP contribution in [0.25, 0.3) is 10.4 Å². The van der Waals surface area contributed by atoms with Crippen LogP contribution in [0.15, 0.2) is 12.1 Å². The fourth-order valence-corrected chi connectivity index (χ4v) is 5.76. The Morgan fingerprint density at radius 3 is 2.20 bits per heavy atom. The van der Waals surface area contributed by atoms with Gasteiger partial charge < -0.3 is 20.4 Å². The van der Waals surface area contributed by atoms with Crippen molar-refractivity contribution in [2.24, 2.45) is 0 Å². The first-order valence-electron chi connectivity index (χ1n) is 11.9. The minimum atomic E-state index is -6.24. The maximum atomic E-state index is 13.9. The summed E-state index contributed by atoms with van der Waals surface area (Å²) in [7, 11) is 0. The molecule has 0 aliphatic carbocycles. The Morgan fingerprint density at radius 1 is 1.10 bits per heavy atom. The van der Waals surface area contributed by atoms with Gasteiger partial charge in [0.1, 0.15) is 11.9 Å². The Hall–Kier alpha value is -2.20. The summed E-state index contributed by atoms with van der Waals surface area (Å²) in [5, 5.41) is 19.6. The van der Waals surface area contributed by atoms with Gasteiger partial charge in [-0.15, -0.1) is 11.3 Å². The number of rotatable bonds is 6. The number of nitrogens with zero attached hydrogens (tertiary/aromatic N) is 2. The Balaban J connectivity index is 2.19. The number of carbonyl (C=O) groups is 2. The topological polar surface area (TPSA) is 103 Å². The van der Waals surface area contributed by atoms with Crippen LogP contribution in [0, 0.1) is 0 Å². The summed E-state index contributed by atoms with van der Waals surface area (Å²) in [5.41, 5.74) is -9.28. The zero-order chi connectivity index (χ0) is 31.3. The summed E-state index contributed by atoms with van der Waals surface area (Å²) >= 11 is 12.6. The third kappa shape index (κ3) is 6.58. The first kappa shape index (κ1) is 33.3. The highest BCUT2D eigenvalue weighted by molar-refractivity contribution is 7.17. The summed E-state index contributed by atoms with van der Waals surface area (Å²) in [6, 6.07) is 0.346. The molecule has 2 amide bonds. The van der Waals surface area contributed by atoms with Gasteiger partial charge in [0.15, 0.2) is 5.01 Å². The van der Waals surface area contributed by atoms with Crippen molar-refractivity contribution in [3.8, 4) is 10.4 Å². The Bertz CT molecular complexity index is 1310. The molecule has 2 atom stereocenters. The monoisotopic (exact) mass is 653 g/mol. The van der Waals surface area contributed by atoms with Crippen LogP contribution in [-0.2, 0) is 5.60 Å². The van der Waals surface area contributed by atoms with E-state index in [4.69, 9.17) is 23.2 Å². The number of thiazole rings is 1. The SMILES string of the molecule is C[C@H]1C[C@@H](F)CCN1C(=O)c1nc(C(=O)NCC(C)(C)O)sc1-c1ccc(C(O)(C(F)(F)F)C(F)(F)F)c(Cl)c1Cl. The fraction of sp³-hybridized carbons (Fsp3) is 0.542. The van der Waals surface area contributed by atoms with Crippen LogP contribution in [0.2, 0.25) is 10.0 Å². The molecule has 1 saturated heterocycles. The molecule has 1 aromatic carbocycles. The van der Waals surface area contributed by atoms with E-state index < -0.39 is 68.9 Å². The molecule has 1 fully saturated rings. The van der Waals surface area contributed by atoms with E-state index >= 15 is 0 Å². The third-order valence-corrected chi connectivity index (χ3v) is 8.29. The number of halogens is 9. The smallest absolute Gasteiger partial charge is 0.389 e. The lowest BCUT2D eigenvalue weighted by Gasteiger charge is -2.35. The first-order chi connectivity index (χ1) is 18.6. The number of hydrogen-bond acceptors (Lipinski definition) is 6. The Morgan fingerprint density at radius 2 is 1.68 bits per heavy atom. The largest absolute Gasteiger partial charge is 0.430 e. The molecular weight excluding hydrogens is 630 g/mol. The highest BCUT2D eigenvalue weighted by Crippen LogP contribution is 2.54. The average Bonchev–Trinajstić information content (AvgIpc) is 3.27. The highest BCUT2D eigenvalue weighted by atomic mass is 35.5. The van der Waals surface area contributed by atoms with Crippen molar-refractivity contribution in [2.75, 3.05) is 13.1 Å². The first-order valence-corrected chi connectivity index (χ1v) is 13.5. The van der Waals surface area contributed by atoms with E-state index in [2.05, 4.69) is 10.3 Å². The lowest BCUT2D eigenvalue weighted by molar-refractivity contribution is -0.376. The molecule has 0 radical (unpaired) electrons. The van der Waals surface area contributed by atoms with Gasteiger partial charge >= 0.3 is 12.4 Å². The third-order valence-electron chi connectivity index (χ3n) is 6.32. The minimum Gasteiger partial charge on any atom is -0.389 e. The van der Waals surface area contributed by atoms with E-state index in [1.54, 1.807) is 6.92 Å². The van der Waals surface area contributed by atoms with Crippen molar-refractivity contribution in [3.05, 3.63) is 38.4 Å². The number of hydrogen-bond donors (Lipinski definition) is 3. The second kappa shape index (κ2) is 11.5. The molecule has 1 aliphatic rings. The molecular formula is C24H24Cl2F7N3O4S. The molecule has 2 aromatic rings. The molecule has 0 spiro atoms. The van der Waals surface area contributed by atoms with Gasteiger partial charge in [0, 0.05) is 30.3 Å². The molecule has 0 saturated carbocycles. The molecule has 7 nitrogen and oxygen atoms in total. The van der Waals surface area contributed by atoms with Gasteiger partial charge in [-0.1, -0.05) is 35.3 Å². The van der Waals surface area contributed by atoms with Crippen molar-refractivity contribution >= 4 is 46.4 Å². The summed E-state index contributed by atoms with van der Waals surface area (Å²) in [6.07, 6.45) is -13.7. The van der Waals surface area contributed by atoms with Gasteiger partial charge in [0.05, 0.1) is 20.5 Å². The second-order valence-electron chi connectivity index (χ2n) is 10.2. The Labute approximate surface area is 243 Å². The van der Waals surface area contributed by atoms with Gasteiger partial charge in [-0.2, -0.15) is 26.3 Å². The van der Waals surface area contributed by atoms with E-state index in [-0.39, 0.29) is 47.4 Å². The van der Waals surface area contributed by atoms with Crippen molar-refractivity contribution in [3.63, 3.8) is 0 Å². The number of likely N-dealkylation sites (tertiary alicyclic amines) is 1. The van der Waals surface area contributed by atoms with Gasteiger partial charge in [-0.25, -0.2) is 9.37 Å². The molecule has 2 heterocycles. The number of amides is 2. The van der Waals surface area contributed by atoms with E-state index in [1.165, 1.54) is 18.7 Å². The number of benzene rings is 1. The van der Waals surface area contributed by atoms with Gasteiger partial charge in [0.2, 0.25) is 0 Å². The summed E-state index contributed by atoms with van der Waals surface area (Å²) in [4.78, 5) is 31.4. The number of piperidine rings is 1. The summed E-state index contributed by atoms with van der Waals surface area (Å²) < 4.78 is 94.8. The lowest BCUT2D eigenvalue weighted by Crippen LogP contribution is -2.54. The molecule has 1 aliphatic heterocycles. The zero-order valence-electron chi connectivity index (χ0n) is 21.6. The predicted molar refractivity (Wildman–Crippen MR) is 137 cm³/mol. The van der Waals surface area contributed by atoms with Gasteiger partial charge in [0.25, 0.3) is 17.4 Å². The molecule has 3 rings (SSSR count). The van der Waals surface area contributed by atoms with Crippen molar-refractivity contribution in [1.29, 1.82) is 0 Å². The lowest BCUT2D eigenvalue weighted by atomic mass is 9.91. The van der Waals surface area contributed by atoms with Crippen LogP contribution in [-0.4, -0.2) is 75.2 Å². The average molecular weight is 654 g/mol. The van der Waals surface area contributed by atoms with E-state index in [0.717, 1.165) is 0 Å². The normalized spacial score (nSPS) is 18.9. The fourth-order valence-electron chi connectivity index (χ4n) is 4.14. The highest BCUT2D eigenvalue weighted by Gasteiger charge is 2.72. The van der Waals surface area contributed by atoms with Crippen molar-refractivity contribution in [2.45, 2.75) is 69.4 Å². The van der Waals surface area contributed by atoms with Crippen LogP contribution >= 0.6 is 34.5 Å². The predicted octanol–water partition coefficient (Wildman–Crippen LogP) is 5.89. The van der Waals surface area contributed by atoms with E-state index in [1.807, 2.05) is 0 Å². The van der Waals surface area contributed by atoms with Crippen LogP contribution in [0.3, 0.4) is 0 Å². The van der Waals surface area contributed by atoms with Crippen molar-refractivity contribution in [1.82, 2.24) is 15.2 Å². The molecule has 17 heteroatoms. The van der Waals surface area contributed by atoms with Crippen LogP contribution in [0.1, 0.15) is 59.5 Å². The second-order valence-corrected chi connectivity index (χ2v) is 11.9. The maximum absolute atomic E-state index is 13.9. The number of aliphatic hydroxyl groups is 2. The molecule has 3 N–H and O–H groups in total. The van der Waals surface area contributed by atoms with Crippen LogP contribution in [0.4, 0.5) is 30.7 Å². The quantitative estimate of drug-likeness (QED) is 0.337. The van der Waals surface area contributed by atoms with E-state index in [9.17, 15) is 50.5 Å². The molecule has 0 unspecified atom stereocenters.